The van der Waals surface area contributed by atoms with Crippen LogP contribution < -0.4 is 0 Å². The molecule has 3 aliphatic heterocycles. The molecule has 0 bridgehead atoms. The van der Waals surface area contributed by atoms with Gasteiger partial charge in [0.2, 0.25) is 0 Å². The molecule has 9 aromatic rings. The van der Waals surface area contributed by atoms with Crippen molar-refractivity contribution in [2.45, 2.75) is 96.3 Å². The second-order valence-corrected chi connectivity index (χ2v) is 20.1. The number of hydrogen-bond donors (Lipinski definition) is 0. The molecule has 0 fully saturated rings. The molecule has 9 aromatic heterocycles. The number of aryl methyl sites for hydroxylation is 6. The topological polar surface area (TPSA) is 115 Å². The van der Waals surface area contributed by atoms with Crippen molar-refractivity contribution in [3.8, 4) is 0 Å². The first-order chi connectivity index (χ1) is 37.3. The van der Waals surface area contributed by atoms with Crippen LogP contribution in [-0.4, -0.2) is 104 Å². The summed E-state index contributed by atoms with van der Waals surface area (Å²) < 4.78 is 121. The molecule has 0 radical (unpaired) electrons. The quantitative estimate of drug-likeness (QED) is 0.129. The summed E-state index contributed by atoms with van der Waals surface area (Å²) in [6.45, 7) is 7.65. The van der Waals surface area contributed by atoms with Crippen molar-refractivity contribution in [2.24, 2.45) is 0 Å². The zero-order valence-electron chi connectivity index (χ0n) is 43.1. The molecule has 12 heterocycles. The lowest BCUT2D eigenvalue weighted by atomic mass is 10.1. The molecule has 0 saturated carbocycles. The predicted molar refractivity (Wildman–Crippen MR) is 276 cm³/mol. The number of rotatable bonds is 9. The minimum absolute atomic E-state index is 0.598. The summed E-state index contributed by atoms with van der Waals surface area (Å²) in [7, 11) is 6.29. The average molecular weight is 1080 g/mol. The van der Waals surface area contributed by atoms with Gasteiger partial charge in [-0.2, -0.15) is 39.5 Å². The minimum atomic E-state index is -4.41. The largest absolute Gasteiger partial charge is 0.433 e. The van der Waals surface area contributed by atoms with Gasteiger partial charge < -0.3 is 28.4 Å². The standard InChI is InChI=1S/2C19H19F3N4.C18H18F3N5/c1-25-8-6-17-15(12-25)14-11-23-7-4-16(14)26(17)9-5-13-2-3-18(24-10-13)19(20,21)22;1-25-9-7-15-14(12-25)18-16(3-2-8-23-18)26(15)10-6-13-4-5-17(24-11-13)19(20,21)22;1-25-6-5-15-14(10-25)13-9-22-11-24-17(13)26(15)7-4-12-2-3-16(23-8-12)18(19,20)21/h2-4,7,10-11H,5-6,8-9,12H2,1H3;2-5,8,11H,6-7,9-10,12H2,1H3;2-3,8-9,11H,4-7,10H2,1H3. The second kappa shape index (κ2) is 22.2. The zero-order valence-corrected chi connectivity index (χ0v) is 43.1. The first-order valence-electron chi connectivity index (χ1n) is 25.6. The fourth-order valence-electron chi connectivity index (χ4n) is 10.8. The molecule has 22 heteroatoms. The summed E-state index contributed by atoms with van der Waals surface area (Å²) in [5.74, 6) is 0. The molecule has 0 spiro atoms. The van der Waals surface area contributed by atoms with Crippen LogP contribution in [0.4, 0.5) is 39.5 Å². The van der Waals surface area contributed by atoms with Crippen molar-refractivity contribution in [1.29, 1.82) is 0 Å². The molecule has 12 rings (SSSR count). The van der Waals surface area contributed by atoms with Crippen LogP contribution >= 0.6 is 0 Å². The molecule has 0 N–H and O–H groups in total. The Kier molecular flexibility index (Phi) is 15.4. The third kappa shape index (κ3) is 11.7. The van der Waals surface area contributed by atoms with Gasteiger partial charge in [-0.1, -0.05) is 18.2 Å². The molecule has 3 aliphatic rings. The first kappa shape index (κ1) is 54.1. The van der Waals surface area contributed by atoms with Crippen LogP contribution in [0.25, 0.3) is 33.0 Å². The van der Waals surface area contributed by atoms with Gasteiger partial charge in [0.05, 0.1) is 16.6 Å². The van der Waals surface area contributed by atoms with Crippen LogP contribution in [0.5, 0.6) is 0 Å². The molecular weight excluding hydrogens is 1030 g/mol. The molecule has 0 unspecified atom stereocenters. The van der Waals surface area contributed by atoms with E-state index in [0.717, 1.165) is 121 Å². The smallest absolute Gasteiger partial charge is 0.344 e. The number of hydrogen-bond acceptors (Lipinski definition) is 10. The highest BCUT2D eigenvalue weighted by Gasteiger charge is 2.34. The van der Waals surface area contributed by atoms with Crippen molar-refractivity contribution >= 4 is 33.0 Å². The molecule has 78 heavy (non-hydrogen) atoms. The van der Waals surface area contributed by atoms with Crippen molar-refractivity contribution in [3.05, 3.63) is 172 Å². The Hall–Kier alpha value is -7.30. The fraction of sp³-hybridized carbons (Fsp3) is 0.375. The Bertz CT molecular complexity index is 3160. The molecule has 0 aromatic carbocycles. The van der Waals surface area contributed by atoms with Gasteiger partial charge >= 0.3 is 18.5 Å². The third-order valence-corrected chi connectivity index (χ3v) is 14.8. The molecule has 13 nitrogen and oxygen atoms in total. The van der Waals surface area contributed by atoms with Gasteiger partial charge in [0.25, 0.3) is 0 Å². The van der Waals surface area contributed by atoms with Crippen LogP contribution in [0.15, 0.2) is 104 Å². The third-order valence-electron chi connectivity index (χ3n) is 14.8. The van der Waals surface area contributed by atoms with E-state index in [9.17, 15) is 39.5 Å². The summed E-state index contributed by atoms with van der Waals surface area (Å²) in [5.41, 5.74) is 11.6. The Morgan fingerprint density at radius 1 is 0.436 bits per heavy atom. The number of likely N-dealkylation sites (N-methyl/N-ethyl adjacent to an activating group) is 3. The highest BCUT2D eigenvalue weighted by Crippen LogP contribution is 2.34. The summed E-state index contributed by atoms with van der Waals surface area (Å²) >= 11 is 0. The number of pyridine rings is 5. The fourth-order valence-corrected chi connectivity index (χ4v) is 10.8. The summed E-state index contributed by atoms with van der Waals surface area (Å²) in [6, 6.07) is 13.7. The van der Waals surface area contributed by atoms with Gasteiger partial charge in [0.15, 0.2) is 0 Å². The van der Waals surface area contributed by atoms with Crippen molar-refractivity contribution < 1.29 is 39.5 Å². The second-order valence-electron chi connectivity index (χ2n) is 20.1. The van der Waals surface area contributed by atoms with Crippen molar-refractivity contribution in [1.82, 2.24) is 63.3 Å². The van der Waals surface area contributed by atoms with Crippen LogP contribution in [0, 0.1) is 0 Å². The first-order valence-corrected chi connectivity index (χ1v) is 25.6. The molecule has 0 aliphatic carbocycles. The Morgan fingerprint density at radius 2 is 0.885 bits per heavy atom. The van der Waals surface area contributed by atoms with E-state index in [1.165, 1.54) is 82.3 Å². The summed E-state index contributed by atoms with van der Waals surface area (Å²) in [5, 5.41) is 2.22. The van der Waals surface area contributed by atoms with Gasteiger partial charge in [0, 0.05) is 155 Å². The van der Waals surface area contributed by atoms with E-state index >= 15 is 0 Å². The Balaban J connectivity index is 0.000000132. The van der Waals surface area contributed by atoms with E-state index in [2.05, 4.69) is 90.5 Å². The van der Waals surface area contributed by atoms with Crippen LogP contribution in [-0.2, 0) is 96.3 Å². The lowest BCUT2D eigenvalue weighted by molar-refractivity contribution is -0.142. The number of nitrogens with zero attached hydrogens (tertiary/aromatic N) is 13. The average Bonchev–Trinajstić information content (AvgIpc) is 4.27. The summed E-state index contributed by atoms with van der Waals surface area (Å²) in [4.78, 5) is 34.9. The predicted octanol–water partition coefficient (Wildman–Crippen LogP) is 10.4. The minimum Gasteiger partial charge on any atom is -0.344 e. The molecule has 0 saturated heterocycles. The normalized spacial score (nSPS) is 15.4. The van der Waals surface area contributed by atoms with E-state index in [1.54, 1.807) is 12.4 Å². The maximum absolute atomic E-state index is 12.6. The SMILES string of the molecule is CN1CCc2c(c3cnccc3n2CCc2ccc(C(F)(F)F)nc2)C1.CN1CCc2c(c3cncnc3n2CCc2ccc(C(F)(F)F)nc2)C1.CN1CCc2c(c3ncccc3n2CCc2ccc(C(F)(F)F)nc2)C1. The molecular formula is C56H56F9N13. The van der Waals surface area contributed by atoms with Crippen LogP contribution in [0.1, 0.15) is 67.5 Å². The van der Waals surface area contributed by atoms with Gasteiger partial charge in [0.1, 0.15) is 29.1 Å². The number of aromatic nitrogens is 10. The molecule has 0 amide bonds. The van der Waals surface area contributed by atoms with E-state index < -0.39 is 35.6 Å². The number of fused-ring (bicyclic) bond motifs is 9. The van der Waals surface area contributed by atoms with E-state index in [0.29, 0.717) is 38.9 Å². The molecule has 408 valence electrons. The van der Waals surface area contributed by atoms with Crippen LogP contribution in [0.3, 0.4) is 0 Å². The van der Waals surface area contributed by atoms with Gasteiger partial charge in [-0.15, -0.1) is 0 Å². The number of alkyl halides is 9. The maximum Gasteiger partial charge on any atom is 0.433 e. The van der Waals surface area contributed by atoms with E-state index in [1.807, 2.05) is 24.5 Å². The van der Waals surface area contributed by atoms with Crippen LogP contribution in [0.2, 0.25) is 0 Å². The highest BCUT2D eigenvalue weighted by molar-refractivity contribution is 5.85. The lowest BCUT2D eigenvalue weighted by Gasteiger charge is -2.24. The Labute approximate surface area is 443 Å². The van der Waals surface area contributed by atoms with E-state index in [-0.39, 0.29) is 0 Å². The van der Waals surface area contributed by atoms with Gasteiger partial charge in [-0.25, -0.2) is 9.97 Å². The molecule has 0 atom stereocenters. The van der Waals surface area contributed by atoms with E-state index in [4.69, 9.17) is 0 Å². The Morgan fingerprint density at radius 3 is 1.38 bits per heavy atom. The maximum atomic E-state index is 12.6. The zero-order chi connectivity index (χ0) is 54.9. The lowest BCUT2D eigenvalue weighted by Crippen LogP contribution is -2.27. The van der Waals surface area contributed by atoms with Gasteiger partial charge in [-0.3, -0.25) is 24.9 Å². The monoisotopic (exact) mass is 1080 g/mol. The number of halogens is 9. The van der Waals surface area contributed by atoms with Gasteiger partial charge in [-0.05, 0) is 105 Å². The van der Waals surface area contributed by atoms with Crippen molar-refractivity contribution in [3.63, 3.8) is 0 Å². The highest BCUT2D eigenvalue weighted by atomic mass is 19.4. The van der Waals surface area contributed by atoms with Crippen molar-refractivity contribution in [2.75, 3.05) is 40.8 Å². The summed E-state index contributed by atoms with van der Waals surface area (Å²) in [6.07, 6.45) is 4.35.